The van der Waals surface area contributed by atoms with Crippen LogP contribution in [-0.4, -0.2) is 5.11 Å². The number of rotatable bonds is 3. The Kier molecular flexibility index (Phi) is 3.53. The van der Waals surface area contributed by atoms with Crippen molar-refractivity contribution in [2.45, 2.75) is 6.92 Å². The van der Waals surface area contributed by atoms with E-state index in [1.807, 2.05) is 31.2 Å². The molecule has 0 fully saturated rings. The molecule has 0 aromatic heterocycles. The highest BCUT2D eigenvalue weighted by molar-refractivity contribution is 5.60. The molecule has 3 nitrogen and oxygen atoms in total. The average molecular weight is 238 g/mol. The van der Waals surface area contributed by atoms with Crippen LogP contribution in [0, 0.1) is 6.92 Å². The van der Waals surface area contributed by atoms with E-state index in [1.165, 1.54) is 5.56 Å². The van der Waals surface area contributed by atoms with Gasteiger partial charge in [-0.25, -0.2) is 0 Å². The van der Waals surface area contributed by atoms with Crippen molar-refractivity contribution in [3.63, 3.8) is 0 Å². The molecule has 0 bridgehead atoms. The largest absolute Gasteiger partial charge is 0.506 e. The van der Waals surface area contributed by atoms with E-state index in [4.69, 9.17) is 0 Å². The lowest BCUT2D eigenvalue weighted by molar-refractivity contribution is 0.476. The van der Waals surface area contributed by atoms with Crippen LogP contribution in [0.2, 0.25) is 0 Å². The average Bonchev–Trinajstić information content (AvgIpc) is 2.40. The molecule has 0 aliphatic heterocycles. The van der Waals surface area contributed by atoms with Gasteiger partial charge in [0.25, 0.3) is 0 Å². The number of hydrogen-bond donors (Lipinski definition) is 1. The Balaban J connectivity index is 2.27. The number of nitrogens with zero attached hydrogens (tertiary/aromatic N) is 2. The fourth-order valence-corrected chi connectivity index (χ4v) is 1.47. The zero-order chi connectivity index (χ0) is 13.0. The molecule has 0 amide bonds. The molecule has 0 spiro atoms. The Morgan fingerprint density at radius 2 is 1.78 bits per heavy atom. The van der Waals surface area contributed by atoms with Gasteiger partial charge in [-0.15, -0.1) is 5.11 Å². The zero-order valence-electron chi connectivity index (χ0n) is 10.2. The lowest BCUT2D eigenvalue weighted by Gasteiger charge is -1.99. The van der Waals surface area contributed by atoms with Crippen LogP contribution in [0.4, 0.5) is 11.4 Å². The minimum absolute atomic E-state index is 0.108. The molecular formula is C15H14N2O. The normalized spacial score (nSPS) is 10.7. The van der Waals surface area contributed by atoms with Crippen molar-refractivity contribution in [2.75, 3.05) is 0 Å². The summed E-state index contributed by atoms with van der Waals surface area (Å²) in [6, 6.07) is 12.8. The second-order valence-corrected chi connectivity index (χ2v) is 3.99. The molecule has 2 aromatic rings. The van der Waals surface area contributed by atoms with E-state index in [0.717, 1.165) is 11.3 Å². The van der Waals surface area contributed by atoms with Crippen LogP contribution >= 0.6 is 0 Å². The van der Waals surface area contributed by atoms with E-state index in [-0.39, 0.29) is 5.75 Å². The van der Waals surface area contributed by atoms with Gasteiger partial charge in [0.1, 0.15) is 11.4 Å². The second kappa shape index (κ2) is 5.27. The molecule has 3 heteroatoms. The minimum Gasteiger partial charge on any atom is -0.506 e. The van der Waals surface area contributed by atoms with Crippen LogP contribution < -0.4 is 0 Å². The highest BCUT2D eigenvalue weighted by Crippen LogP contribution is 2.29. The van der Waals surface area contributed by atoms with Gasteiger partial charge in [0, 0.05) is 0 Å². The first kappa shape index (κ1) is 12.0. The second-order valence-electron chi connectivity index (χ2n) is 3.99. The molecule has 1 N–H and O–H groups in total. The van der Waals surface area contributed by atoms with Gasteiger partial charge in [-0.1, -0.05) is 36.4 Å². The van der Waals surface area contributed by atoms with Crippen LogP contribution in [0.1, 0.15) is 11.1 Å². The summed E-state index contributed by atoms with van der Waals surface area (Å²) < 4.78 is 0. The van der Waals surface area contributed by atoms with Crippen molar-refractivity contribution in [3.05, 3.63) is 60.2 Å². The third kappa shape index (κ3) is 2.83. The quantitative estimate of drug-likeness (QED) is 0.770. The van der Waals surface area contributed by atoms with Gasteiger partial charge >= 0.3 is 0 Å². The molecule has 18 heavy (non-hydrogen) atoms. The van der Waals surface area contributed by atoms with Gasteiger partial charge in [-0.2, -0.15) is 5.11 Å². The highest BCUT2D eigenvalue weighted by Gasteiger charge is 2.00. The molecule has 2 aromatic carbocycles. The first-order valence-corrected chi connectivity index (χ1v) is 5.63. The van der Waals surface area contributed by atoms with Crippen molar-refractivity contribution >= 4 is 17.5 Å². The van der Waals surface area contributed by atoms with Crippen LogP contribution in [0.25, 0.3) is 6.08 Å². The fourth-order valence-electron chi connectivity index (χ4n) is 1.47. The van der Waals surface area contributed by atoms with Gasteiger partial charge in [0.2, 0.25) is 0 Å². The molecule has 0 aliphatic carbocycles. The molecule has 0 atom stereocenters. The lowest BCUT2D eigenvalue weighted by Crippen LogP contribution is -1.73. The van der Waals surface area contributed by atoms with Gasteiger partial charge in [-0.05, 0) is 36.8 Å². The van der Waals surface area contributed by atoms with Crippen LogP contribution in [0.15, 0.2) is 59.3 Å². The van der Waals surface area contributed by atoms with Gasteiger partial charge in [-0.3, -0.25) is 0 Å². The molecular weight excluding hydrogens is 224 g/mol. The fraction of sp³-hybridized carbons (Fsp3) is 0.0667. The smallest absolute Gasteiger partial charge is 0.143 e. The maximum absolute atomic E-state index is 9.66. The lowest BCUT2D eigenvalue weighted by atomic mass is 10.2. The predicted molar refractivity (Wildman–Crippen MR) is 73.6 cm³/mol. The minimum atomic E-state index is 0.108. The van der Waals surface area contributed by atoms with E-state index >= 15 is 0 Å². The maximum Gasteiger partial charge on any atom is 0.143 e. The van der Waals surface area contributed by atoms with Crippen LogP contribution in [0.3, 0.4) is 0 Å². The molecule has 90 valence electrons. The number of phenolic OH excluding ortho intramolecular Hbond substituents is 1. The Morgan fingerprint density at radius 3 is 2.44 bits per heavy atom. The van der Waals surface area contributed by atoms with E-state index in [2.05, 4.69) is 16.8 Å². The monoisotopic (exact) mass is 238 g/mol. The third-order valence-electron chi connectivity index (χ3n) is 2.54. The van der Waals surface area contributed by atoms with E-state index < -0.39 is 0 Å². The van der Waals surface area contributed by atoms with E-state index in [1.54, 1.807) is 24.3 Å². The van der Waals surface area contributed by atoms with Gasteiger partial charge in [0.15, 0.2) is 0 Å². The topological polar surface area (TPSA) is 45.0 Å². The molecule has 0 radical (unpaired) electrons. The summed E-state index contributed by atoms with van der Waals surface area (Å²) in [5.74, 6) is 0.108. The highest BCUT2D eigenvalue weighted by atomic mass is 16.3. The van der Waals surface area contributed by atoms with Crippen LogP contribution in [-0.2, 0) is 0 Å². The summed E-state index contributed by atoms with van der Waals surface area (Å²) in [5.41, 5.74) is 3.26. The Bertz CT molecular complexity index is 586. The summed E-state index contributed by atoms with van der Waals surface area (Å²) >= 11 is 0. The number of aryl methyl sites for hydroxylation is 1. The SMILES string of the molecule is C=Cc1ccc(O)c(N=Nc2ccc(C)cc2)c1. The number of azo groups is 1. The number of aromatic hydroxyl groups is 1. The molecule has 0 unspecified atom stereocenters. The maximum atomic E-state index is 9.66. The number of hydrogen-bond acceptors (Lipinski definition) is 3. The third-order valence-corrected chi connectivity index (χ3v) is 2.54. The van der Waals surface area contributed by atoms with E-state index in [9.17, 15) is 5.11 Å². The molecule has 0 saturated heterocycles. The predicted octanol–water partition coefficient (Wildman–Crippen LogP) is 4.76. The molecule has 0 heterocycles. The molecule has 2 rings (SSSR count). The summed E-state index contributed by atoms with van der Waals surface area (Å²) in [5, 5.41) is 17.8. The van der Waals surface area contributed by atoms with Gasteiger partial charge < -0.3 is 5.11 Å². The Hall–Kier alpha value is -2.42. The van der Waals surface area contributed by atoms with Gasteiger partial charge in [0.05, 0.1) is 5.69 Å². The van der Waals surface area contributed by atoms with Crippen molar-refractivity contribution in [1.82, 2.24) is 0 Å². The first-order chi connectivity index (χ1) is 8.69. The first-order valence-electron chi connectivity index (χ1n) is 5.63. The van der Waals surface area contributed by atoms with Crippen molar-refractivity contribution in [2.24, 2.45) is 10.2 Å². The number of phenols is 1. The Morgan fingerprint density at radius 1 is 1.06 bits per heavy atom. The van der Waals surface area contributed by atoms with Crippen molar-refractivity contribution in [1.29, 1.82) is 0 Å². The summed E-state index contributed by atoms with van der Waals surface area (Å²) in [6.07, 6.45) is 1.70. The van der Waals surface area contributed by atoms with E-state index in [0.29, 0.717) is 5.69 Å². The molecule has 0 aliphatic rings. The Labute approximate surface area is 106 Å². The standard InChI is InChI=1S/C15H14N2O/c1-3-12-6-9-15(18)14(10-12)17-16-13-7-4-11(2)5-8-13/h3-10,18H,1H2,2H3. The summed E-state index contributed by atoms with van der Waals surface area (Å²) in [7, 11) is 0. The summed E-state index contributed by atoms with van der Waals surface area (Å²) in [6.45, 7) is 5.69. The van der Waals surface area contributed by atoms with Crippen molar-refractivity contribution in [3.8, 4) is 5.75 Å². The molecule has 0 saturated carbocycles. The number of benzene rings is 2. The zero-order valence-corrected chi connectivity index (χ0v) is 10.2. The summed E-state index contributed by atoms with van der Waals surface area (Å²) in [4.78, 5) is 0. The van der Waals surface area contributed by atoms with Crippen LogP contribution in [0.5, 0.6) is 5.75 Å². The van der Waals surface area contributed by atoms with Crippen molar-refractivity contribution < 1.29 is 5.11 Å².